The second-order valence-corrected chi connectivity index (χ2v) is 9.28. The first kappa shape index (κ1) is 25.4. The molecule has 0 amide bonds. The van der Waals surface area contributed by atoms with E-state index in [0.29, 0.717) is 11.3 Å². The predicted molar refractivity (Wildman–Crippen MR) is 145 cm³/mol. The van der Waals surface area contributed by atoms with Crippen LogP contribution in [0.2, 0.25) is 0 Å². The van der Waals surface area contributed by atoms with Gasteiger partial charge in [0.1, 0.15) is 17.2 Å². The van der Waals surface area contributed by atoms with Crippen LogP contribution in [0.4, 0.5) is 0 Å². The lowest BCUT2D eigenvalue weighted by molar-refractivity contribution is 0.0735. The van der Waals surface area contributed by atoms with Crippen molar-refractivity contribution in [3.63, 3.8) is 0 Å². The Kier molecular flexibility index (Phi) is 9.09. The number of esters is 1. The van der Waals surface area contributed by atoms with Gasteiger partial charge >= 0.3 is 5.97 Å². The van der Waals surface area contributed by atoms with E-state index in [-0.39, 0.29) is 5.97 Å². The van der Waals surface area contributed by atoms with E-state index in [4.69, 9.17) is 9.26 Å². The lowest BCUT2D eigenvalue weighted by Gasteiger charge is -2.07. The molecule has 4 aromatic rings. The van der Waals surface area contributed by atoms with Gasteiger partial charge in [0.05, 0.1) is 5.56 Å². The Hall–Kier alpha value is -3.66. The fraction of sp³-hybridized carbons (Fsp3) is 0.312. The molecule has 3 aromatic carbocycles. The number of hydrogen-bond donors (Lipinski definition) is 0. The Morgan fingerprint density at radius 3 is 1.94 bits per heavy atom. The fourth-order valence-electron chi connectivity index (χ4n) is 4.22. The summed E-state index contributed by atoms with van der Waals surface area (Å²) in [6.45, 7) is 4.41. The topological polar surface area (TPSA) is 52.3 Å². The minimum Gasteiger partial charge on any atom is -0.423 e. The van der Waals surface area contributed by atoms with Crippen molar-refractivity contribution in [2.75, 3.05) is 0 Å². The highest BCUT2D eigenvalue weighted by Crippen LogP contribution is 2.25. The van der Waals surface area contributed by atoms with Gasteiger partial charge < -0.3 is 9.26 Å². The number of unbranched alkanes of at least 4 members (excludes halogenated alkanes) is 4. The molecule has 0 atom stereocenters. The Bertz CT molecular complexity index is 1220. The number of rotatable bonds is 12. The van der Waals surface area contributed by atoms with Gasteiger partial charge in [-0.15, -0.1) is 0 Å². The van der Waals surface area contributed by atoms with Crippen LogP contribution in [0.1, 0.15) is 74.1 Å². The maximum Gasteiger partial charge on any atom is 0.343 e. The molecule has 1 aromatic heterocycles. The van der Waals surface area contributed by atoms with Crippen LogP contribution in [0.25, 0.3) is 22.4 Å². The van der Waals surface area contributed by atoms with Gasteiger partial charge in [0.25, 0.3) is 0 Å². The molecule has 1 heterocycles. The Labute approximate surface area is 214 Å². The van der Waals surface area contributed by atoms with Gasteiger partial charge in [-0.1, -0.05) is 81.1 Å². The molecule has 4 nitrogen and oxygen atoms in total. The molecule has 0 fully saturated rings. The number of benzene rings is 3. The average molecular weight is 482 g/mol. The normalized spacial score (nSPS) is 10.9. The van der Waals surface area contributed by atoms with Crippen molar-refractivity contribution < 1.29 is 14.1 Å². The second kappa shape index (κ2) is 12.9. The molecule has 4 heteroatoms. The molecule has 0 N–H and O–H groups in total. The minimum atomic E-state index is -0.375. The lowest BCUT2D eigenvalue weighted by atomic mass is 10.0. The summed E-state index contributed by atoms with van der Waals surface area (Å²) in [5.74, 6) is 1.03. The number of aromatic nitrogens is 1. The van der Waals surface area contributed by atoms with Crippen molar-refractivity contribution in [1.29, 1.82) is 0 Å². The van der Waals surface area contributed by atoms with E-state index in [1.54, 1.807) is 12.1 Å². The summed E-state index contributed by atoms with van der Waals surface area (Å²) in [6.07, 6.45) is 9.23. The van der Waals surface area contributed by atoms with Gasteiger partial charge in [-0.05, 0) is 72.4 Å². The van der Waals surface area contributed by atoms with E-state index in [0.717, 1.165) is 47.4 Å². The van der Waals surface area contributed by atoms with E-state index >= 15 is 0 Å². The molecule has 0 spiro atoms. The molecule has 0 bridgehead atoms. The number of nitrogens with zero attached hydrogens (tertiary/aromatic N) is 1. The molecule has 0 radical (unpaired) electrons. The van der Waals surface area contributed by atoms with E-state index < -0.39 is 0 Å². The SMILES string of the molecule is CCCCCc1ccc(-c2ccc(C(=O)Oc3ccc(-c4cc(CCCCC)on4)cc3)cc2)cc1. The van der Waals surface area contributed by atoms with Gasteiger partial charge in [-0.25, -0.2) is 4.79 Å². The first-order valence-corrected chi connectivity index (χ1v) is 13.1. The third kappa shape index (κ3) is 6.94. The monoisotopic (exact) mass is 481 g/mol. The van der Waals surface area contributed by atoms with Crippen LogP contribution >= 0.6 is 0 Å². The molecule has 0 aliphatic heterocycles. The summed E-state index contributed by atoms with van der Waals surface area (Å²) >= 11 is 0. The zero-order valence-electron chi connectivity index (χ0n) is 21.3. The highest BCUT2D eigenvalue weighted by atomic mass is 16.5. The van der Waals surface area contributed by atoms with Gasteiger partial charge in [0, 0.05) is 18.1 Å². The van der Waals surface area contributed by atoms with E-state index in [1.165, 1.54) is 37.7 Å². The van der Waals surface area contributed by atoms with Crippen LogP contribution in [-0.2, 0) is 12.8 Å². The van der Waals surface area contributed by atoms with Crippen LogP contribution in [0, 0.1) is 0 Å². The fourth-order valence-corrected chi connectivity index (χ4v) is 4.22. The van der Waals surface area contributed by atoms with Crippen molar-refractivity contribution in [2.45, 2.75) is 65.2 Å². The molecule has 0 unspecified atom stereocenters. The highest BCUT2D eigenvalue weighted by Gasteiger charge is 2.11. The van der Waals surface area contributed by atoms with Gasteiger partial charge in [0.2, 0.25) is 0 Å². The van der Waals surface area contributed by atoms with Crippen LogP contribution in [0.15, 0.2) is 83.4 Å². The van der Waals surface area contributed by atoms with Crippen molar-refractivity contribution in [1.82, 2.24) is 5.16 Å². The summed E-state index contributed by atoms with van der Waals surface area (Å²) in [7, 11) is 0. The summed E-state index contributed by atoms with van der Waals surface area (Å²) in [5, 5.41) is 4.18. The molecule has 0 aliphatic carbocycles. The molecule has 186 valence electrons. The quantitative estimate of drug-likeness (QED) is 0.115. The largest absolute Gasteiger partial charge is 0.423 e. The Balaban J connectivity index is 1.33. The van der Waals surface area contributed by atoms with Gasteiger partial charge in [-0.2, -0.15) is 0 Å². The van der Waals surface area contributed by atoms with Gasteiger partial charge in [-0.3, -0.25) is 0 Å². The summed E-state index contributed by atoms with van der Waals surface area (Å²) in [6, 6.07) is 25.6. The maximum atomic E-state index is 12.7. The smallest absolute Gasteiger partial charge is 0.343 e. The molecule has 0 saturated heterocycles. The summed E-state index contributed by atoms with van der Waals surface area (Å²) in [4.78, 5) is 12.7. The zero-order chi connectivity index (χ0) is 25.2. The number of carbonyl (C=O) groups is 1. The van der Waals surface area contributed by atoms with Crippen LogP contribution < -0.4 is 4.74 Å². The summed E-state index contributed by atoms with van der Waals surface area (Å²) in [5.41, 5.74) is 5.84. The molecule has 36 heavy (non-hydrogen) atoms. The van der Waals surface area contributed by atoms with E-state index in [2.05, 4.69) is 43.3 Å². The third-order valence-electron chi connectivity index (χ3n) is 6.42. The number of hydrogen-bond acceptors (Lipinski definition) is 4. The average Bonchev–Trinajstić information content (AvgIpc) is 3.39. The van der Waals surface area contributed by atoms with E-state index in [9.17, 15) is 4.79 Å². The first-order chi connectivity index (χ1) is 17.7. The Morgan fingerprint density at radius 1 is 0.722 bits per heavy atom. The molecule has 0 saturated carbocycles. The highest BCUT2D eigenvalue weighted by molar-refractivity contribution is 5.91. The zero-order valence-corrected chi connectivity index (χ0v) is 21.3. The number of aryl methyl sites for hydroxylation is 2. The Morgan fingerprint density at radius 2 is 1.31 bits per heavy atom. The van der Waals surface area contributed by atoms with Crippen LogP contribution in [0.5, 0.6) is 5.75 Å². The first-order valence-electron chi connectivity index (χ1n) is 13.1. The van der Waals surface area contributed by atoms with Crippen LogP contribution in [-0.4, -0.2) is 11.1 Å². The summed E-state index contributed by atoms with van der Waals surface area (Å²) < 4.78 is 11.0. The second-order valence-electron chi connectivity index (χ2n) is 9.28. The molecule has 4 rings (SSSR count). The van der Waals surface area contributed by atoms with Crippen LogP contribution in [0.3, 0.4) is 0 Å². The number of carbonyl (C=O) groups excluding carboxylic acids is 1. The van der Waals surface area contributed by atoms with Crippen molar-refractivity contribution in [3.05, 3.63) is 95.7 Å². The van der Waals surface area contributed by atoms with Crippen molar-refractivity contribution >= 4 is 5.97 Å². The standard InChI is InChI=1S/C32H35NO3/c1-3-5-7-9-24-11-13-25(14-12-24)26-15-17-28(18-16-26)32(34)35-29-21-19-27(20-22-29)31-23-30(36-33-31)10-8-6-4-2/h11-23H,3-10H2,1-2H3. The maximum absolute atomic E-state index is 12.7. The van der Waals surface area contributed by atoms with Crippen molar-refractivity contribution in [2.24, 2.45) is 0 Å². The third-order valence-corrected chi connectivity index (χ3v) is 6.42. The molecule has 0 aliphatic rings. The molecular formula is C32H35NO3. The minimum absolute atomic E-state index is 0.375. The number of ether oxygens (including phenoxy) is 1. The molecular weight excluding hydrogens is 446 g/mol. The predicted octanol–water partition coefficient (Wildman–Crippen LogP) is 8.69. The lowest BCUT2D eigenvalue weighted by Crippen LogP contribution is -2.08. The van der Waals surface area contributed by atoms with Crippen molar-refractivity contribution in [3.8, 4) is 28.1 Å². The van der Waals surface area contributed by atoms with Gasteiger partial charge in [0.15, 0.2) is 0 Å². The van der Waals surface area contributed by atoms with E-state index in [1.807, 2.05) is 42.5 Å².